The van der Waals surface area contributed by atoms with Crippen molar-refractivity contribution < 1.29 is 4.79 Å². The number of hydrogen-bond donors (Lipinski definition) is 1. The molecule has 0 saturated heterocycles. The van der Waals surface area contributed by atoms with Crippen LogP contribution in [0.25, 0.3) is 0 Å². The molecule has 70 valence electrons. The van der Waals surface area contributed by atoms with Gasteiger partial charge >= 0.3 is 0 Å². The first kappa shape index (κ1) is 8.54. The van der Waals surface area contributed by atoms with Crippen molar-refractivity contribution in [2.24, 2.45) is 5.92 Å². The SMILES string of the molecule is O=C(CC1CCCC1)c1cc[nH]c1. The van der Waals surface area contributed by atoms with Gasteiger partial charge in [-0.3, -0.25) is 4.79 Å². The van der Waals surface area contributed by atoms with Crippen molar-refractivity contribution in [1.29, 1.82) is 0 Å². The van der Waals surface area contributed by atoms with E-state index in [1.54, 1.807) is 6.20 Å². The minimum absolute atomic E-state index is 0.299. The lowest BCUT2D eigenvalue weighted by Crippen LogP contribution is -2.04. The maximum absolute atomic E-state index is 11.6. The Labute approximate surface area is 78.4 Å². The van der Waals surface area contributed by atoms with E-state index in [9.17, 15) is 4.79 Å². The standard InChI is InChI=1S/C11H15NO/c13-11(10-5-6-12-8-10)7-9-3-1-2-4-9/h5-6,8-9,12H,1-4,7H2. The van der Waals surface area contributed by atoms with Crippen LogP contribution in [0.4, 0.5) is 0 Å². The van der Waals surface area contributed by atoms with Crippen LogP contribution in [0.1, 0.15) is 42.5 Å². The van der Waals surface area contributed by atoms with Gasteiger partial charge in [-0.1, -0.05) is 25.7 Å². The molecule has 0 atom stereocenters. The van der Waals surface area contributed by atoms with Gasteiger partial charge in [0, 0.05) is 24.4 Å². The second-order valence-electron chi connectivity index (χ2n) is 3.88. The lowest BCUT2D eigenvalue weighted by Gasteiger charge is -2.05. The van der Waals surface area contributed by atoms with E-state index in [0.29, 0.717) is 11.7 Å². The average molecular weight is 177 g/mol. The summed E-state index contributed by atoms with van der Waals surface area (Å²) >= 11 is 0. The molecule has 1 saturated carbocycles. The van der Waals surface area contributed by atoms with Crippen LogP contribution in [-0.2, 0) is 0 Å². The number of H-pyrrole nitrogens is 1. The molecule has 0 aliphatic heterocycles. The Morgan fingerprint density at radius 3 is 2.85 bits per heavy atom. The fourth-order valence-corrected chi connectivity index (χ4v) is 2.09. The minimum atomic E-state index is 0.299. The van der Waals surface area contributed by atoms with E-state index in [-0.39, 0.29) is 0 Å². The Balaban J connectivity index is 1.91. The Hall–Kier alpha value is -1.05. The first-order chi connectivity index (χ1) is 6.36. The molecule has 0 amide bonds. The summed E-state index contributed by atoms with van der Waals surface area (Å²) in [6.07, 6.45) is 9.46. The first-order valence-electron chi connectivity index (χ1n) is 5.02. The second-order valence-corrected chi connectivity index (χ2v) is 3.88. The summed E-state index contributed by atoms with van der Waals surface area (Å²) < 4.78 is 0. The van der Waals surface area contributed by atoms with E-state index < -0.39 is 0 Å². The third kappa shape index (κ3) is 2.00. The molecule has 1 fully saturated rings. The molecule has 13 heavy (non-hydrogen) atoms. The number of rotatable bonds is 3. The molecule has 1 aliphatic rings. The Morgan fingerprint density at radius 2 is 2.23 bits per heavy atom. The maximum atomic E-state index is 11.6. The number of aromatic amines is 1. The fraction of sp³-hybridized carbons (Fsp3) is 0.545. The molecular formula is C11H15NO. The summed E-state index contributed by atoms with van der Waals surface area (Å²) in [7, 11) is 0. The van der Waals surface area contributed by atoms with Crippen LogP contribution in [0.15, 0.2) is 18.5 Å². The van der Waals surface area contributed by atoms with Crippen molar-refractivity contribution in [2.75, 3.05) is 0 Å². The highest BCUT2D eigenvalue weighted by molar-refractivity contribution is 5.95. The molecule has 1 N–H and O–H groups in total. The Bertz CT molecular complexity index is 270. The molecule has 1 heterocycles. The zero-order valence-corrected chi connectivity index (χ0v) is 7.75. The summed E-state index contributed by atoms with van der Waals surface area (Å²) in [5, 5.41) is 0. The highest BCUT2D eigenvalue weighted by Crippen LogP contribution is 2.28. The van der Waals surface area contributed by atoms with Gasteiger partial charge in [-0.15, -0.1) is 0 Å². The highest BCUT2D eigenvalue weighted by atomic mass is 16.1. The van der Waals surface area contributed by atoms with Crippen LogP contribution in [0.2, 0.25) is 0 Å². The molecule has 1 aromatic heterocycles. The van der Waals surface area contributed by atoms with Crippen LogP contribution in [0.3, 0.4) is 0 Å². The molecule has 0 radical (unpaired) electrons. The fourth-order valence-electron chi connectivity index (χ4n) is 2.09. The third-order valence-corrected chi connectivity index (χ3v) is 2.87. The highest BCUT2D eigenvalue weighted by Gasteiger charge is 2.19. The molecule has 0 aromatic carbocycles. The molecule has 2 nitrogen and oxygen atoms in total. The minimum Gasteiger partial charge on any atom is -0.367 e. The number of Topliss-reactive ketones (excluding diaryl/α,β-unsaturated/α-hetero) is 1. The number of carbonyl (C=O) groups excluding carboxylic acids is 1. The van der Waals surface area contributed by atoms with Crippen molar-refractivity contribution in [3.05, 3.63) is 24.0 Å². The molecule has 0 spiro atoms. The summed E-state index contributed by atoms with van der Waals surface area (Å²) in [5.41, 5.74) is 0.840. The van der Waals surface area contributed by atoms with Gasteiger partial charge in [0.15, 0.2) is 5.78 Å². The van der Waals surface area contributed by atoms with Crippen LogP contribution >= 0.6 is 0 Å². The summed E-state index contributed by atoms with van der Waals surface area (Å²) in [6, 6.07) is 1.86. The van der Waals surface area contributed by atoms with E-state index in [0.717, 1.165) is 12.0 Å². The number of aromatic nitrogens is 1. The van der Waals surface area contributed by atoms with Crippen LogP contribution in [0.5, 0.6) is 0 Å². The first-order valence-corrected chi connectivity index (χ1v) is 5.02. The van der Waals surface area contributed by atoms with Crippen molar-refractivity contribution in [3.63, 3.8) is 0 Å². The van der Waals surface area contributed by atoms with Gasteiger partial charge in [-0.25, -0.2) is 0 Å². The molecule has 2 rings (SSSR count). The lowest BCUT2D eigenvalue weighted by molar-refractivity contribution is 0.0962. The largest absolute Gasteiger partial charge is 0.367 e. The maximum Gasteiger partial charge on any atom is 0.164 e. The number of ketones is 1. The normalized spacial score (nSPS) is 17.8. The summed E-state index contributed by atoms with van der Waals surface area (Å²) in [4.78, 5) is 14.6. The second kappa shape index (κ2) is 3.77. The van der Waals surface area contributed by atoms with Gasteiger partial charge in [0.1, 0.15) is 0 Å². The van der Waals surface area contributed by atoms with Gasteiger partial charge in [-0.05, 0) is 12.0 Å². The van der Waals surface area contributed by atoms with Crippen LogP contribution in [-0.4, -0.2) is 10.8 Å². The lowest BCUT2D eigenvalue weighted by atomic mass is 9.98. The predicted octanol–water partition coefficient (Wildman–Crippen LogP) is 2.78. The van der Waals surface area contributed by atoms with Crippen molar-refractivity contribution in [2.45, 2.75) is 32.1 Å². The molecule has 1 aliphatic carbocycles. The van der Waals surface area contributed by atoms with E-state index in [4.69, 9.17) is 0 Å². The van der Waals surface area contributed by atoms with Crippen molar-refractivity contribution in [1.82, 2.24) is 4.98 Å². The summed E-state index contributed by atoms with van der Waals surface area (Å²) in [5.74, 6) is 0.954. The van der Waals surface area contributed by atoms with Crippen LogP contribution < -0.4 is 0 Å². The van der Waals surface area contributed by atoms with Crippen LogP contribution in [0, 0.1) is 5.92 Å². The van der Waals surface area contributed by atoms with Gasteiger partial charge in [0.25, 0.3) is 0 Å². The number of nitrogens with one attached hydrogen (secondary N) is 1. The molecule has 0 unspecified atom stereocenters. The molecule has 1 aromatic rings. The molecular weight excluding hydrogens is 162 g/mol. The van der Waals surface area contributed by atoms with Crippen molar-refractivity contribution >= 4 is 5.78 Å². The summed E-state index contributed by atoms with van der Waals surface area (Å²) in [6.45, 7) is 0. The zero-order valence-electron chi connectivity index (χ0n) is 7.75. The molecule has 2 heteroatoms. The number of hydrogen-bond acceptors (Lipinski definition) is 1. The zero-order chi connectivity index (χ0) is 9.10. The predicted molar refractivity (Wildman–Crippen MR) is 51.7 cm³/mol. The Kier molecular flexibility index (Phi) is 2.48. The quantitative estimate of drug-likeness (QED) is 0.707. The van der Waals surface area contributed by atoms with Gasteiger partial charge in [-0.2, -0.15) is 0 Å². The van der Waals surface area contributed by atoms with E-state index in [2.05, 4.69) is 4.98 Å². The third-order valence-electron chi connectivity index (χ3n) is 2.87. The van der Waals surface area contributed by atoms with E-state index in [1.807, 2.05) is 12.3 Å². The van der Waals surface area contributed by atoms with Gasteiger partial charge in [0.05, 0.1) is 0 Å². The van der Waals surface area contributed by atoms with Gasteiger partial charge < -0.3 is 4.98 Å². The Morgan fingerprint density at radius 1 is 1.46 bits per heavy atom. The smallest absolute Gasteiger partial charge is 0.164 e. The monoisotopic (exact) mass is 177 g/mol. The molecule has 0 bridgehead atoms. The van der Waals surface area contributed by atoms with E-state index in [1.165, 1.54) is 25.7 Å². The topological polar surface area (TPSA) is 32.9 Å². The van der Waals surface area contributed by atoms with Gasteiger partial charge in [0.2, 0.25) is 0 Å². The van der Waals surface area contributed by atoms with E-state index >= 15 is 0 Å². The number of carbonyl (C=O) groups is 1. The average Bonchev–Trinajstić information content (AvgIpc) is 2.74. The van der Waals surface area contributed by atoms with Crippen molar-refractivity contribution in [3.8, 4) is 0 Å².